The van der Waals surface area contributed by atoms with Gasteiger partial charge in [-0.2, -0.15) is 0 Å². The topological polar surface area (TPSA) is 81.6 Å². The predicted molar refractivity (Wildman–Crippen MR) is 261 cm³/mol. The summed E-state index contributed by atoms with van der Waals surface area (Å²) in [5.74, 6) is 0. The van der Waals surface area contributed by atoms with E-state index in [1.165, 1.54) is 17.8 Å². The van der Waals surface area contributed by atoms with E-state index in [4.69, 9.17) is 10.8 Å². The van der Waals surface area contributed by atoms with Crippen molar-refractivity contribution in [3.8, 4) is 33.6 Å². The molecule has 0 bridgehead atoms. The van der Waals surface area contributed by atoms with E-state index in [2.05, 4.69) is 177 Å². The molecule has 0 aliphatic carbocycles. The van der Waals surface area contributed by atoms with Crippen molar-refractivity contribution in [1.82, 2.24) is 9.13 Å². The average molecular weight is 797 g/mol. The Morgan fingerprint density at radius 2 is 0.968 bits per heavy atom. The molecule has 6 nitrogen and oxygen atoms in total. The molecule has 0 aliphatic rings. The molecule has 11 aromatic rings. The van der Waals surface area contributed by atoms with Gasteiger partial charge in [0, 0.05) is 79.2 Å². The number of anilines is 4. The maximum atomic E-state index is 9.01. The van der Waals surface area contributed by atoms with Gasteiger partial charge in [-0.3, -0.25) is 0 Å². The normalized spacial score (nSPS) is 11.4. The molecule has 0 saturated heterocycles. The smallest absolute Gasteiger partial charge is 0.0649 e. The van der Waals surface area contributed by atoms with Gasteiger partial charge in [-0.15, -0.1) is 0 Å². The summed E-state index contributed by atoms with van der Waals surface area (Å²) in [6.07, 6.45) is 2.92. The fourth-order valence-electron chi connectivity index (χ4n) is 9.10. The van der Waals surface area contributed by atoms with E-state index >= 15 is 0 Å². The largest absolute Gasteiger partial charge is 0.355 e. The van der Waals surface area contributed by atoms with Crippen molar-refractivity contribution >= 4 is 78.8 Å². The van der Waals surface area contributed by atoms with Crippen molar-refractivity contribution < 1.29 is 0 Å². The molecular weight excluding hydrogens is 757 g/mol. The standard InChI is InChI=1S/C56H40N6/c57-35-49-44(23-13-24-51(49)59-40-17-6-2-7-18-40)39-26-30-55-47(33-39)46-28-29-52(60-41-19-12-16-38(32-41)37-14-4-1-5-15-37)50(36-58)56(46)62(55)43-27-31-54-48(34-43)45-22-10-11-25-53(45)61(54)42-20-8-3-9-21-42/h1-36,57-60H. The van der Waals surface area contributed by atoms with Crippen LogP contribution in [0.15, 0.2) is 206 Å². The van der Waals surface area contributed by atoms with E-state index in [1.807, 2.05) is 48.5 Å². The van der Waals surface area contributed by atoms with Crippen molar-refractivity contribution in [2.75, 3.05) is 10.6 Å². The lowest BCUT2D eigenvalue weighted by Crippen LogP contribution is -2.01. The Kier molecular flexibility index (Phi) is 9.02. The first-order valence-corrected chi connectivity index (χ1v) is 20.8. The van der Waals surface area contributed by atoms with Gasteiger partial charge >= 0.3 is 0 Å². The second-order valence-corrected chi connectivity index (χ2v) is 15.5. The van der Waals surface area contributed by atoms with Crippen molar-refractivity contribution in [3.63, 3.8) is 0 Å². The number of rotatable bonds is 10. The number of aromatic nitrogens is 2. The molecule has 6 heteroatoms. The molecule has 0 amide bonds. The summed E-state index contributed by atoms with van der Waals surface area (Å²) in [4.78, 5) is 0. The zero-order valence-corrected chi connectivity index (χ0v) is 33.7. The average Bonchev–Trinajstić information content (AvgIpc) is 3.84. The number of hydrogen-bond donors (Lipinski definition) is 4. The van der Waals surface area contributed by atoms with Crippen LogP contribution in [0.5, 0.6) is 0 Å². The minimum atomic E-state index is 0.784. The first-order chi connectivity index (χ1) is 30.7. The van der Waals surface area contributed by atoms with Gasteiger partial charge in [0.05, 0.1) is 22.1 Å². The number of nitrogens with zero attached hydrogens (tertiary/aromatic N) is 2. The second-order valence-electron chi connectivity index (χ2n) is 15.5. The second kappa shape index (κ2) is 15.3. The Morgan fingerprint density at radius 3 is 1.77 bits per heavy atom. The van der Waals surface area contributed by atoms with Crippen LogP contribution in [0.3, 0.4) is 0 Å². The first-order valence-electron chi connectivity index (χ1n) is 20.8. The van der Waals surface area contributed by atoms with E-state index in [0.29, 0.717) is 0 Å². The summed E-state index contributed by atoms with van der Waals surface area (Å²) < 4.78 is 4.65. The molecule has 0 unspecified atom stereocenters. The van der Waals surface area contributed by atoms with Gasteiger partial charge in [0.15, 0.2) is 0 Å². The van der Waals surface area contributed by atoms with Crippen LogP contribution >= 0.6 is 0 Å². The third kappa shape index (κ3) is 6.21. The van der Waals surface area contributed by atoms with Crippen LogP contribution in [-0.2, 0) is 0 Å². The van der Waals surface area contributed by atoms with Gasteiger partial charge in [-0.1, -0.05) is 121 Å². The fourth-order valence-corrected chi connectivity index (χ4v) is 9.10. The predicted octanol–water partition coefficient (Wildman–Crippen LogP) is 14.7. The summed E-state index contributed by atoms with van der Waals surface area (Å²) in [6.45, 7) is 0. The zero-order valence-electron chi connectivity index (χ0n) is 33.7. The Bertz CT molecular complexity index is 3490. The molecule has 2 aromatic heterocycles. The highest BCUT2D eigenvalue weighted by Crippen LogP contribution is 2.42. The number of benzene rings is 9. The van der Waals surface area contributed by atoms with Gasteiger partial charge in [0.2, 0.25) is 0 Å². The lowest BCUT2D eigenvalue weighted by molar-refractivity contribution is 1.16. The van der Waals surface area contributed by atoms with E-state index in [-0.39, 0.29) is 0 Å². The van der Waals surface area contributed by atoms with Crippen LogP contribution in [0.1, 0.15) is 11.1 Å². The minimum Gasteiger partial charge on any atom is -0.355 e. The lowest BCUT2D eigenvalue weighted by Gasteiger charge is -2.15. The summed E-state index contributed by atoms with van der Waals surface area (Å²) in [6, 6.07) is 71.8. The van der Waals surface area contributed by atoms with Gasteiger partial charge in [-0.05, 0) is 107 Å². The van der Waals surface area contributed by atoms with Crippen molar-refractivity contribution in [2.45, 2.75) is 0 Å². The first kappa shape index (κ1) is 36.6. The van der Waals surface area contributed by atoms with Crippen molar-refractivity contribution in [3.05, 3.63) is 217 Å². The highest BCUT2D eigenvalue weighted by atomic mass is 15.0. The molecule has 0 fully saturated rings. The third-order valence-corrected chi connectivity index (χ3v) is 11.9. The van der Waals surface area contributed by atoms with E-state index in [0.717, 1.165) is 106 Å². The molecule has 11 rings (SSSR count). The highest BCUT2D eigenvalue weighted by molar-refractivity contribution is 6.18. The Balaban J connectivity index is 1.13. The number of nitrogens with one attached hydrogen (secondary N) is 4. The summed E-state index contributed by atoms with van der Waals surface area (Å²) in [5.41, 5.74) is 15.8. The Labute approximate surface area is 359 Å². The molecule has 0 radical (unpaired) electrons. The SMILES string of the molecule is N=Cc1c(Nc2ccccc2)cccc1-c1ccc2c(c1)c1ccc(Nc3cccc(-c4ccccc4)c3)c(C=N)c1n2-c1ccc2c(c1)c1ccccc1n2-c1ccccc1. The van der Waals surface area contributed by atoms with E-state index in [1.54, 1.807) is 0 Å². The minimum absolute atomic E-state index is 0.784. The molecule has 9 aromatic carbocycles. The van der Waals surface area contributed by atoms with Gasteiger partial charge in [-0.25, -0.2) is 0 Å². The Hall–Kier alpha value is -8.48. The van der Waals surface area contributed by atoms with Crippen LogP contribution in [0.25, 0.3) is 77.2 Å². The molecule has 0 saturated carbocycles. The lowest BCUT2D eigenvalue weighted by atomic mass is 9.96. The summed E-state index contributed by atoms with van der Waals surface area (Å²) in [7, 11) is 0. The van der Waals surface area contributed by atoms with Crippen molar-refractivity contribution in [1.29, 1.82) is 10.8 Å². The van der Waals surface area contributed by atoms with Crippen LogP contribution in [-0.4, -0.2) is 21.6 Å². The maximum absolute atomic E-state index is 9.01. The summed E-state index contributed by atoms with van der Waals surface area (Å²) >= 11 is 0. The highest BCUT2D eigenvalue weighted by Gasteiger charge is 2.21. The molecule has 62 heavy (non-hydrogen) atoms. The van der Waals surface area contributed by atoms with Crippen LogP contribution < -0.4 is 10.6 Å². The van der Waals surface area contributed by atoms with Crippen molar-refractivity contribution in [2.24, 2.45) is 0 Å². The van der Waals surface area contributed by atoms with Crippen LogP contribution in [0, 0.1) is 10.8 Å². The Morgan fingerprint density at radius 1 is 0.355 bits per heavy atom. The summed E-state index contributed by atoms with van der Waals surface area (Å²) in [5, 5.41) is 29.2. The quantitative estimate of drug-likeness (QED) is 0.104. The maximum Gasteiger partial charge on any atom is 0.0649 e. The van der Waals surface area contributed by atoms with Gasteiger partial charge in [0.1, 0.15) is 0 Å². The number of fused-ring (bicyclic) bond motifs is 6. The molecule has 0 atom stereocenters. The molecular formula is C56H40N6. The molecule has 294 valence electrons. The fraction of sp³-hybridized carbons (Fsp3) is 0. The molecule has 4 N–H and O–H groups in total. The number of hydrogen-bond acceptors (Lipinski definition) is 4. The third-order valence-electron chi connectivity index (χ3n) is 11.9. The molecule has 2 heterocycles. The monoisotopic (exact) mass is 796 g/mol. The van der Waals surface area contributed by atoms with Crippen LogP contribution in [0.4, 0.5) is 22.7 Å². The van der Waals surface area contributed by atoms with Gasteiger partial charge in [0.25, 0.3) is 0 Å². The van der Waals surface area contributed by atoms with Crippen LogP contribution in [0.2, 0.25) is 0 Å². The zero-order chi connectivity index (χ0) is 41.6. The van der Waals surface area contributed by atoms with E-state index < -0.39 is 0 Å². The molecule has 0 spiro atoms. The molecule has 0 aliphatic heterocycles. The number of para-hydroxylation sites is 3. The van der Waals surface area contributed by atoms with E-state index in [9.17, 15) is 0 Å². The van der Waals surface area contributed by atoms with Gasteiger partial charge < -0.3 is 30.6 Å².